The van der Waals surface area contributed by atoms with Crippen molar-refractivity contribution in [3.8, 4) is 0 Å². The summed E-state index contributed by atoms with van der Waals surface area (Å²) in [5.41, 5.74) is 6.31. The van der Waals surface area contributed by atoms with Gasteiger partial charge in [0.25, 0.3) is 0 Å². The van der Waals surface area contributed by atoms with E-state index < -0.39 is 30.3 Å². The molecule has 0 bridgehead atoms. The van der Waals surface area contributed by atoms with Crippen LogP contribution < -0.4 is 5.73 Å². The van der Waals surface area contributed by atoms with Gasteiger partial charge < -0.3 is 25.4 Å². The molecule has 0 saturated carbocycles. The number of esters is 1. The van der Waals surface area contributed by atoms with Crippen LogP contribution in [0.4, 0.5) is 4.79 Å². The fourth-order valence-electron chi connectivity index (χ4n) is 5.08. The highest BCUT2D eigenvalue weighted by atomic mass is 16.6. The third-order valence-corrected chi connectivity index (χ3v) is 7.64. The molecule has 7 unspecified atom stereocenters. The summed E-state index contributed by atoms with van der Waals surface area (Å²) in [6, 6.07) is 0. The lowest BCUT2D eigenvalue weighted by molar-refractivity contribution is -0.156. The molecule has 1 amide bonds. The molecule has 7 atom stereocenters. The highest BCUT2D eigenvalue weighted by Gasteiger charge is 2.29. The zero-order chi connectivity index (χ0) is 28.5. The first-order chi connectivity index (χ1) is 18.0. The Morgan fingerprint density at radius 1 is 1.00 bits per heavy atom. The van der Waals surface area contributed by atoms with Crippen molar-refractivity contribution in [3.63, 3.8) is 0 Å². The smallest absolute Gasteiger partial charge is 0.404 e. The van der Waals surface area contributed by atoms with E-state index in [-0.39, 0.29) is 18.0 Å². The maximum atomic E-state index is 13.0. The summed E-state index contributed by atoms with van der Waals surface area (Å²) in [7, 11) is 0. The van der Waals surface area contributed by atoms with Gasteiger partial charge in [-0.15, -0.1) is 0 Å². The molecule has 220 valence electrons. The molecule has 7 nitrogen and oxygen atoms in total. The maximum Gasteiger partial charge on any atom is 0.404 e. The summed E-state index contributed by atoms with van der Waals surface area (Å²) < 4.78 is 11.2. The molecule has 1 fully saturated rings. The number of carbonyl (C=O) groups excluding carboxylic acids is 2. The van der Waals surface area contributed by atoms with Crippen molar-refractivity contribution >= 4 is 12.1 Å². The van der Waals surface area contributed by atoms with Gasteiger partial charge in [0.15, 0.2) is 0 Å². The van der Waals surface area contributed by atoms with Crippen LogP contribution in [0.3, 0.4) is 0 Å². The number of amides is 1. The van der Waals surface area contributed by atoms with Crippen LogP contribution in [0.15, 0.2) is 23.8 Å². The Hall–Kier alpha value is -1.86. The van der Waals surface area contributed by atoms with E-state index in [0.29, 0.717) is 31.6 Å². The standard InChI is InChI=1S/C31H55NO6/c1-6-7-8-9-11-14-22(2)19-26-20-23(3)15-12-10-13-16-27(33)29(38-31(32)36)18-17-24(4)21-28(34)25(5)30(35)37-26/h11,14,19,23-29,33-34H,6-10,12-13,15-18,20-21H2,1-5H3,(H2,32,36). The Balaban J connectivity index is 2.96. The van der Waals surface area contributed by atoms with Crippen LogP contribution >= 0.6 is 0 Å². The minimum Gasteiger partial charge on any atom is -0.458 e. The van der Waals surface area contributed by atoms with Crippen molar-refractivity contribution < 1.29 is 29.3 Å². The maximum absolute atomic E-state index is 13.0. The van der Waals surface area contributed by atoms with Crippen molar-refractivity contribution in [3.05, 3.63) is 23.8 Å². The number of aliphatic hydroxyl groups is 2. The molecule has 1 saturated heterocycles. The van der Waals surface area contributed by atoms with E-state index in [1.54, 1.807) is 6.92 Å². The SMILES string of the molecule is CCCCCC=CC(C)=CC1CC(C)CCCCCC(O)C(OC(N)=O)CCC(C)CC(O)C(C)C(=O)O1. The lowest BCUT2D eigenvalue weighted by atomic mass is 9.89. The lowest BCUT2D eigenvalue weighted by Gasteiger charge is -2.27. The minimum absolute atomic E-state index is 0.0566. The number of carbonyl (C=O) groups is 2. The first-order valence-corrected chi connectivity index (χ1v) is 14.9. The molecule has 4 N–H and O–H groups in total. The quantitative estimate of drug-likeness (QED) is 0.191. The molecule has 0 aromatic carbocycles. The average Bonchev–Trinajstić information content (AvgIpc) is 2.84. The van der Waals surface area contributed by atoms with Gasteiger partial charge in [-0.3, -0.25) is 4.79 Å². The van der Waals surface area contributed by atoms with Crippen LogP contribution in [0.5, 0.6) is 0 Å². The van der Waals surface area contributed by atoms with E-state index >= 15 is 0 Å². The Morgan fingerprint density at radius 3 is 2.37 bits per heavy atom. The third-order valence-electron chi connectivity index (χ3n) is 7.64. The summed E-state index contributed by atoms with van der Waals surface area (Å²) in [4.78, 5) is 24.4. The average molecular weight is 538 g/mol. The summed E-state index contributed by atoms with van der Waals surface area (Å²) >= 11 is 0. The van der Waals surface area contributed by atoms with E-state index in [0.717, 1.165) is 44.1 Å². The third kappa shape index (κ3) is 14.9. The van der Waals surface area contributed by atoms with E-state index in [4.69, 9.17) is 15.2 Å². The Labute approximate surface area is 231 Å². The Bertz CT molecular complexity index is 736. The number of hydrogen-bond donors (Lipinski definition) is 3. The van der Waals surface area contributed by atoms with Crippen LogP contribution in [0.1, 0.15) is 118 Å². The molecular weight excluding hydrogens is 482 g/mol. The monoisotopic (exact) mass is 537 g/mol. The zero-order valence-corrected chi connectivity index (χ0v) is 24.6. The summed E-state index contributed by atoms with van der Waals surface area (Å²) in [5, 5.41) is 21.4. The second-order valence-electron chi connectivity index (χ2n) is 11.6. The minimum atomic E-state index is -0.889. The van der Waals surface area contributed by atoms with Crippen molar-refractivity contribution in [2.24, 2.45) is 23.5 Å². The van der Waals surface area contributed by atoms with Gasteiger partial charge in [-0.25, -0.2) is 4.79 Å². The number of aliphatic hydroxyl groups excluding tert-OH is 2. The van der Waals surface area contributed by atoms with Gasteiger partial charge >= 0.3 is 12.1 Å². The fraction of sp³-hybridized carbons (Fsp3) is 0.806. The first kappa shape index (κ1) is 34.2. The van der Waals surface area contributed by atoms with E-state index in [1.165, 1.54) is 19.3 Å². The summed E-state index contributed by atoms with van der Waals surface area (Å²) in [6.45, 7) is 10.1. The highest BCUT2D eigenvalue weighted by molar-refractivity contribution is 5.73. The normalized spacial score (nSPS) is 31.8. The second kappa shape index (κ2) is 19.2. The number of cyclic esters (lactones) is 1. The molecule has 0 spiro atoms. The Kier molecular flexibility index (Phi) is 17.3. The number of hydrogen-bond acceptors (Lipinski definition) is 6. The van der Waals surface area contributed by atoms with Crippen LogP contribution in [-0.4, -0.2) is 46.7 Å². The summed E-state index contributed by atoms with van der Waals surface area (Å²) in [5.74, 6) is -0.637. The molecule has 1 rings (SSSR count). The predicted molar refractivity (Wildman–Crippen MR) is 152 cm³/mol. The molecule has 1 aliphatic rings. The fourth-order valence-corrected chi connectivity index (χ4v) is 5.08. The number of ether oxygens (including phenoxy) is 2. The topological polar surface area (TPSA) is 119 Å². The van der Waals surface area contributed by atoms with E-state index in [9.17, 15) is 19.8 Å². The van der Waals surface area contributed by atoms with E-state index in [1.807, 2.05) is 19.9 Å². The van der Waals surface area contributed by atoms with Gasteiger partial charge in [-0.1, -0.05) is 77.0 Å². The van der Waals surface area contributed by atoms with Crippen LogP contribution in [0.25, 0.3) is 0 Å². The van der Waals surface area contributed by atoms with E-state index in [2.05, 4.69) is 26.0 Å². The van der Waals surface area contributed by atoms with Gasteiger partial charge in [0, 0.05) is 0 Å². The Morgan fingerprint density at radius 2 is 1.68 bits per heavy atom. The second-order valence-corrected chi connectivity index (χ2v) is 11.6. The molecule has 38 heavy (non-hydrogen) atoms. The van der Waals surface area contributed by atoms with Gasteiger partial charge in [-0.2, -0.15) is 0 Å². The van der Waals surface area contributed by atoms with Gasteiger partial charge in [-0.05, 0) is 76.7 Å². The van der Waals surface area contributed by atoms with Crippen molar-refractivity contribution in [2.45, 2.75) is 143 Å². The number of allylic oxidation sites excluding steroid dienone is 3. The summed E-state index contributed by atoms with van der Waals surface area (Å²) in [6.07, 6.45) is 14.0. The molecule has 7 heteroatoms. The lowest BCUT2D eigenvalue weighted by Crippen LogP contribution is -2.34. The highest BCUT2D eigenvalue weighted by Crippen LogP contribution is 2.25. The number of primary amides is 1. The molecular formula is C31H55NO6. The molecule has 0 radical (unpaired) electrons. The predicted octanol–water partition coefficient (Wildman–Crippen LogP) is 6.60. The van der Waals surface area contributed by atoms with Gasteiger partial charge in [0.1, 0.15) is 12.2 Å². The molecule has 0 aromatic rings. The van der Waals surface area contributed by atoms with Gasteiger partial charge in [0.05, 0.1) is 18.1 Å². The molecule has 1 heterocycles. The van der Waals surface area contributed by atoms with Crippen molar-refractivity contribution in [1.82, 2.24) is 0 Å². The van der Waals surface area contributed by atoms with Crippen LogP contribution in [0, 0.1) is 17.8 Å². The number of nitrogens with two attached hydrogens (primary N) is 1. The molecule has 0 aliphatic carbocycles. The number of rotatable bonds is 7. The van der Waals surface area contributed by atoms with Gasteiger partial charge in [0.2, 0.25) is 0 Å². The molecule has 0 aromatic heterocycles. The van der Waals surface area contributed by atoms with Crippen LogP contribution in [0.2, 0.25) is 0 Å². The largest absolute Gasteiger partial charge is 0.458 e. The van der Waals surface area contributed by atoms with Crippen LogP contribution in [-0.2, 0) is 14.3 Å². The number of unbranched alkanes of at least 4 members (excludes halogenated alkanes) is 3. The van der Waals surface area contributed by atoms with Crippen molar-refractivity contribution in [1.29, 1.82) is 0 Å². The molecule has 1 aliphatic heterocycles. The zero-order valence-electron chi connectivity index (χ0n) is 24.6. The van der Waals surface area contributed by atoms with Crippen molar-refractivity contribution in [2.75, 3.05) is 0 Å². The first-order valence-electron chi connectivity index (χ1n) is 14.9.